The molecule has 2 rings (SSSR count). The molecule has 0 spiro atoms. The van der Waals surface area contributed by atoms with Crippen molar-refractivity contribution in [2.75, 3.05) is 41.3 Å². The molecule has 0 radical (unpaired) electrons. The normalized spacial score (nSPS) is 17.7. The zero-order chi connectivity index (χ0) is 18.8. The van der Waals surface area contributed by atoms with Gasteiger partial charge in [-0.1, -0.05) is 11.6 Å². The lowest BCUT2D eigenvalue weighted by atomic mass is 10.2. The molecule has 1 fully saturated rings. The highest BCUT2D eigenvalue weighted by molar-refractivity contribution is 7.89. The van der Waals surface area contributed by atoms with E-state index in [9.17, 15) is 13.2 Å². The molecule has 1 saturated heterocycles. The number of sulfonamides is 1. The van der Waals surface area contributed by atoms with Gasteiger partial charge in [0.25, 0.3) is 5.91 Å². The monoisotopic (exact) mass is 425 g/mol. The molecule has 0 saturated carbocycles. The molecule has 1 heterocycles. The second-order valence-corrected chi connectivity index (χ2v) is 8.45. The van der Waals surface area contributed by atoms with E-state index in [-0.39, 0.29) is 45.6 Å². The molecule has 1 aromatic carbocycles. The third-order valence-electron chi connectivity index (χ3n) is 4.21. The molecule has 0 aromatic heterocycles. The van der Waals surface area contributed by atoms with Crippen molar-refractivity contribution in [1.29, 1.82) is 0 Å². The van der Waals surface area contributed by atoms with E-state index in [4.69, 9.17) is 16.3 Å². The van der Waals surface area contributed by atoms with Crippen molar-refractivity contribution in [2.45, 2.75) is 23.8 Å². The van der Waals surface area contributed by atoms with Gasteiger partial charge in [0.1, 0.15) is 4.90 Å². The quantitative estimate of drug-likeness (QED) is 0.751. The third-order valence-corrected chi connectivity index (χ3v) is 6.39. The molecule has 1 N–H and O–H groups in total. The Labute approximate surface area is 166 Å². The summed E-state index contributed by atoms with van der Waals surface area (Å²) in [5.74, 6) is -0.345. The van der Waals surface area contributed by atoms with Crippen LogP contribution in [0.5, 0.6) is 5.75 Å². The molecule has 1 aromatic rings. The molecular weight excluding hydrogens is 401 g/mol. The molecule has 1 atom stereocenters. The average Bonchev–Trinajstić information content (AvgIpc) is 3.02. The molecule has 1 aliphatic rings. The SMILES string of the molecule is CNCC1CCCN1S(=O)(=O)c1cc(Cl)cc(C(=O)N(C)C)c1OC.Cl. The number of nitrogens with one attached hydrogen (secondary N) is 1. The largest absolute Gasteiger partial charge is 0.494 e. The Morgan fingerprint density at radius 1 is 1.42 bits per heavy atom. The molecule has 7 nitrogen and oxygen atoms in total. The van der Waals surface area contributed by atoms with Crippen LogP contribution in [-0.4, -0.2) is 70.9 Å². The fourth-order valence-corrected chi connectivity index (χ4v) is 5.24. The van der Waals surface area contributed by atoms with Crippen LogP contribution in [0, 0.1) is 0 Å². The summed E-state index contributed by atoms with van der Waals surface area (Å²) in [5.41, 5.74) is 0.128. The molecule has 26 heavy (non-hydrogen) atoms. The molecule has 0 aliphatic carbocycles. The smallest absolute Gasteiger partial charge is 0.257 e. The number of methoxy groups -OCH3 is 1. The summed E-state index contributed by atoms with van der Waals surface area (Å²) in [4.78, 5) is 13.7. The number of amides is 1. The number of hydrogen-bond acceptors (Lipinski definition) is 5. The first-order valence-corrected chi connectivity index (χ1v) is 9.81. The Morgan fingerprint density at radius 2 is 2.08 bits per heavy atom. The molecule has 148 valence electrons. The summed E-state index contributed by atoms with van der Waals surface area (Å²) in [7, 11) is 2.46. The first-order valence-electron chi connectivity index (χ1n) is 7.99. The summed E-state index contributed by atoms with van der Waals surface area (Å²) in [6.45, 7) is 0.993. The number of carbonyl (C=O) groups is 1. The predicted octanol–water partition coefficient (Wildman–Crippen LogP) is 1.84. The number of hydrogen-bond donors (Lipinski definition) is 1. The fraction of sp³-hybridized carbons (Fsp3) is 0.562. The number of halogens is 2. The van der Waals surface area contributed by atoms with Crippen LogP contribution in [0.4, 0.5) is 0 Å². The molecule has 1 aliphatic heterocycles. The standard InChI is InChI=1S/C16H24ClN3O4S.ClH/c1-18-10-12-6-5-7-20(12)25(22,23)14-9-11(17)8-13(15(14)24-4)16(21)19(2)3;/h8-9,12,18H,5-7,10H2,1-4H3;1H. The Morgan fingerprint density at radius 3 is 2.62 bits per heavy atom. The van der Waals surface area contributed by atoms with Crippen LogP contribution in [-0.2, 0) is 10.0 Å². The minimum atomic E-state index is -3.84. The Bertz CT molecular complexity index is 756. The molecule has 1 unspecified atom stereocenters. The zero-order valence-electron chi connectivity index (χ0n) is 15.3. The van der Waals surface area contributed by atoms with Gasteiger partial charge in [-0.2, -0.15) is 4.31 Å². The molecule has 0 bridgehead atoms. The van der Waals surface area contributed by atoms with Crippen LogP contribution >= 0.6 is 24.0 Å². The minimum absolute atomic E-state index is 0. The Kier molecular flexibility index (Phi) is 8.16. The second-order valence-electron chi connectivity index (χ2n) is 6.15. The van der Waals surface area contributed by atoms with E-state index in [1.165, 1.54) is 28.4 Å². The van der Waals surface area contributed by atoms with Gasteiger partial charge in [-0.05, 0) is 32.0 Å². The minimum Gasteiger partial charge on any atom is -0.494 e. The maximum Gasteiger partial charge on any atom is 0.257 e. The lowest BCUT2D eigenvalue weighted by Gasteiger charge is -2.25. The van der Waals surface area contributed by atoms with E-state index >= 15 is 0 Å². The van der Waals surface area contributed by atoms with Crippen LogP contribution < -0.4 is 10.1 Å². The van der Waals surface area contributed by atoms with Gasteiger partial charge in [0.2, 0.25) is 10.0 Å². The van der Waals surface area contributed by atoms with Crippen molar-refractivity contribution in [2.24, 2.45) is 0 Å². The van der Waals surface area contributed by atoms with Gasteiger partial charge in [-0.15, -0.1) is 12.4 Å². The first-order chi connectivity index (χ1) is 11.7. The summed E-state index contributed by atoms with van der Waals surface area (Å²) in [6, 6.07) is 2.64. The van der Waals surface area contributed by atoms with Gasteiger partial charge in [-0.3, -0.25) is 4.79 Å². The van der Waals surface area contributed by atoms with Crippen molar-refractivity contribution in [3.8, 4) is 5.75 Å². The Hall–Kier alpha value is -1.06. The van der Waals surface area contributed by atoms with Crippen molar-refractivity contribution < 1.29 is 17.9 Å². The van der Waals surface area contributed by atoms with Crippen LogP contribution in [0.15, 0.2) is 17.0 Å². The predicted molar refractivity (Wildman–Crippen MR) is 104 cm³/mol. The summed E-state index contributed by atoms with van der Waals surface area (Å²) in [5, 5.41) is 3.20. The van der Waals surface area contributed by atoms with E-state index in [0.717, 1.165) is 12.8 Å². The van der Waals surface area contributed by atoms with Gasteiger partial charge in [0, 0.05) is 38.2 Å². The van der Waals surface area contributed by atoms with Crippen molar-refractivity contribution in [1.82, 2.24) is 14.5 Å². The number of nitrogens with zero attached hydrogens (tertiary/aromatic N) is 2. The van der Waals surface area contributed by atoms with Crippen LogP contribution in [0.1, 0.15) is 23.2 Å². The van der Waals surface area contributed by atoms with Crippen LogP contribution in [0.2, 0.25) is 5.02 Å². The van der Waals surface area contributed by atoms with Gasteiger partial charge in [-0.25, -0.2) is 8.42 Å². The fourth-order valence-electron chi connectivity index (χ4n) is 3.06. The highest BCUT2D eigenvalue weighted by atomic mass is 35.5. The summed E-state index contributed by atoms with van der Waals surface area (Å²) < 4.78 is 33.2. The zero-order valence-corrected chi connectivity index (χ0v) is 17.7. The van der Waals surface area contributed by atoms with E-state index in [1.807, 2.05) is 0 Å². The van der Waals surface area contributed by atoms with Gasteiger partial charge < -0.3 is 15.0 Å². The van der Waals surface area contributed by atoms with E-state index < -0.39 is 10.0 Å². The van der Waals surface area contributed by atoms with Crippen molar-refractivity contribution >= 4 is 39.9 Å². The number of benzene rings is 1. The van der Waals surface area contributed by atoms with E-state index in [0.29, 0.717) is 13.1 Å². The summed E-state index contributed by atoms with van der Waals surface area (Å²) >= 11 is 6.12. The second kappa shape index (κ2) is 9.23. The van der Waals surface area contributed by atoms with Crippen molar-refractivity contribution in [3.05, 3.63) is 22.7 Å². The molecule has 10 heteroatoms. The van der Waals surface area contributed by atoms with Gasteiger partial charge in [0.05, 0.1) is 12.7 Å². The Balaban J connectivity index is 0.00000338. The lowest BCUT2D eigenvalue weighted by Crippen LogP contribution is -2.41. The van der Waals surface area contributed by atoms with Gasteiger partial charge >= 0.3 is 0 Å². The molecule has 1 amide bonds. The highest BCUT2D eigenvalue weighted by Crippen LogP contribution is 2.36. The van der Waals surface area contributed by atoms with Crippen LogP contribution in [0.25, 0.3) is 0 Å². The number of carbonyl (C=O) groups excluding carboxylic acids is 1. The first kappa shape index (κ1) is 23.0. The number of rotatable bonds is 6. The average molecular weight is 426 g/mol. The maximum atomic E-state index is 13.2. The maximum absolute atomic E-state index is 13.2. The number of likely N-dealkylation sites (N-methyl/N-ethyl adjacent to an activating group) is 1. The van der Waals surface area contributed by atoms with Crippen LogP contribution in [0.3, 0.4) is 0 Å². The molecular formula is C16H25Cl2N3O4S. The number of ether oxygens (including phenoxy) is 1. The van der Waals surface area contributed by atoms with Gasteiger partial charge in [0.15, 0.2) is 5.75 Å². The lowest BCUT2D eigenvalue weighted by molar-refractivity contribution is 0.0823. The van der Waals surface area contributed by atoms with E-state index in [2.05, 4.69) is 5.32 Å². The topological polar surface area (TPSA) is 79.0 Å². The highest BCUT2D eigenvalue weighted by Gasteiger charge is 2.38. The summed E-state index contributed by atoms with van der Waals surface area (Å²) in [6.07, 6.45) is 1.57. The van der Waals surface area contributed by atoms with Crippen molar-refractivity contribution in [3.63, 3.8) is 0 Å². The third kappa shape index (κ3) is 4.43. The van der Waals surface area contributed by atoms with E-state index in [1.54, 1.807) is 21.1 Å².